The molecule has 0 saturated carbocycles. The lowest BCUT2D eigenvalue weighted by atomic mass is 9.94. The van der Waals surface area contributed by atoms with Crippen LogP contribution in [-0.4, -0.2) is 35.5 Å². The molecule has 2 rings (SSSR count). The molecule has 5 heteroatoms. The summed E-state index contributed by atoms with van der Waals surface area (Å²) in [4.78, 5) is 16.6. The third-order valence-electron chi connectivity index (χ3n) is 2.41. The molecule has 1 amide bonds. The summed E-state index contributed by atoms with van der Waals surface area (Å²) >= 11 is 0. The van der Waals surface area contributed by atoms with E-state index in [0.717, 1.165) is 17.1 Å². The van der Waals surface area contributed by atoms with E-state index in [2.05, 4.69) is 4.99 Å². The molecule has 0 N–H and O–H groups in total. The van der Waals surface area contributed by atoms with Crippen LogP contribution in [0.25, 0.3) is 0 Å². The zero-order valence-electron chi connectivity index (χ0n) is 8.38. The number of hydrogen-bond acceptors (Lipinski definition) is 2. The van der Waals surface area contributed by atoms with Gasteiger partial charge < -0.3 is 0 Å². The summed E-state index contributed by atoms with van der Waals surface area (Å²) in [5.74, 6) is -0.936. The zero-order chi connectivity index (χ0) is 11.6. The molecular weight excluding hydrogens is 214 g/mol. The third kappa shape index (κ3) is 1.68. The van der Waals surface area contributed by atoms with Gasteiger partial charge in [-0.2, -0.15) is 0 Å². The summed E-state index contributed by atoms with van der Waals surface area (Å²) in [5, 5.41) is 0. The zero-order valence-corrected chi connectivity index (χ0v) is 8.38. The Morgan fingerprint density at radius 3 is 2.88 bits per heavy atom. The molecule has 0 spiro atoms. The van der Waals surface area contributed by atoms with Crippen molar-refractivity contribution in [2.45, 2.75) is 11.8 Å². The predicted octanol–water partition coefficient (Wildman–Crippen LogP) is 1.54. The van der Waals surface area contributed by atoms with E-state index in [1.165, 1.54) is 30.6 Å². The number of amides is 1. The number of hydrogen-bond donors (Lipinski definition) is 0. The number of rotatable bonds is 1. The minimum Gasteiger partial charge on any atom is -0.296 e. The van der Waals surface area contributed by atoms with Crippen LogP contribution in [0.3, 0.4) is 0 Å². The topological polar surface area (TPSA) is 32.7 Å². The van der Waals surface area contributed by atoms with Gasteiger partial charge in [0.2, 0.25) is 5.67 Å². The fraction of sp³-hybridized carbons (Fsp3) is 0.273. The van der Waals surface area contributed by atoms with Gasteiger partial charge in [0.1, 0.15) is 6.67 Å². The summed E-state index contributed by atoms with van der Waals surface area (Å²) in [5.41, 5.74) is -2.62. The second-order valence-electron chi connectivity index (χ2n) is 3.50. The number of nitrogens with zero attached hydrogens (tertiary/aromatic N) is 2. The van der Waals surface area contributed by atoms with Crippen molar-refractivity contribution in [3.8, 4) is 0 Å². The van der Waals surface area contributed by atoms with Gasteiger partial charge in [-0.3, -0.25) is 14.7 Å². The van der Waals surface area contributed by atoms with Crippen LogP contribution < -0.4 is 0 Å². The molecule has 0 saturated heterocycles. The van der Waals surface area contributed by atoms with Gasteiger partial charge in [-0.15, -0.1) is 0 Å². The second-order valence-corrected chi connectivity index (χ2v) is 3.50. The molecule has 2 unspecified atom stereocenters. The summed E-state index contributed by atoms with van der Waals surface area (Å²) in [6.07, 6.45) is 7.09. The average Bonchev–Trinajstić information content (AvgIpc) is 2.33. The Morgan fingerprint density at radius 1 is 1.44 bits per heavy atom. The molecule has 16 heavy (non-hydrogen) atoms. The lowest BCUT2D eigenvalue weighted by Gasteiger charge is -2.29. The van der Waals surface area contributed by atoms with Gasteiger partial charge >= 0.3 is 0 Å². The van der Waals surface area contributed by atoms with Crippen LogP contribution in [0.15, 0.2) is 41.6 Å². The highest BCUT2D eigenvalue weighted by Gasteiger charge is 2.46. The number of halogens is 2. The van der Waals surface area contributed by atoms with Gasteiger partial charge in [0, 0.05) is 12.4 Å². The molecular formula is C11H10F2N2O. The summed E-state index contributed by atoms with van der Waals surface area (Å²) < 4.78 is 27.6. The maximum Gasteiger partial charge on any atom is 0.273 e. The van der Waals surface area contributed by atoms with Crippen molar-refractivity contribution in [2.75, 3.05) is 6.67 Å². The fourth-order valence-electron chi connectivity index (χ4n) is 1.52. The molecule has 1 aliphatic carbocycles. The van der Waals surface area contributed by atoms with Crippen molar-refractivity contribution in [1.29, 1.82) is 0 Å². The van der Waals surface area contributed by atoms with E-state index in [9.17, 15) is 13.6 Å². The first-order valence-electron chi connectivity index (χ1n) is 4.81. The quantitative estimate of drug-likeness (QED) is 0.665. The van der Waals surface area contributed by atoms with Crippen LogP contribution in [0, 0.1) is 0 Å². The molecule has 3 nitrogen and oxygen atoms in total. The van der Waals surface area contributed by atoms with Gasteiger partial charge in [0.15, 0.2) is 6.17 Å². The van der Waals surface area contributed by atoms with Gasteiger partial charge in [-0.1, -0.05) is 12.2 Å². The Balaban J connectivity index is 2.20. The third-order valence-corrected chi connectivity index (χ3v) is 2.41. The smallest absolute Gasteiger partial charge is 0.273 e. The Morgan fingerprint density at radius 2 is 2.25 bits per heavy atom. The van der Waals surface area contributed by atoms with Crippen molar-refractivity contribution in [2.24, 2.45) is 4.99 Å². The van der Waals surface area contributed by atoms with Crippen LogP contribution in [0.5, 0.6) is 0 Å². The monoisotopic (exact) mass is 224 g/mol. The molecule has 2 aliphatic rings. The summed E-state index contributed by atoms with van der Waals surface area (Å²) in [6.45, 7) is 0.0191. The average molecular weight is 224 g/mol. The Hall–Kier alpha value is -1.78. The lowest BCUT2D eigenvalue weighted by molar-refractivity contribution is -0.140. The largest absolute Gasteiger partial charge is 0.296 e. The van der Waals surface area contributed by atoms with Gasteiger partial charge in [0.25, 0.3) is 5.91 Å². The first kappa shape index (κ1) is 10.7. The van der Waals surface area contributed by atoms with Gasteiger partial charge in [-0.25, -0.2) is 8.78 Å². The van der Waals surface area contributed by atoms with Crippen LogP contribution >= 0.6 is 0 Å². The first-order chi connectivity index (χ1) is 7.64. The van der Waals surface area contributed by atoms with E-state index in [4.69, 9.17) is 0 Å². The van der Waals surface area contributed by atoms with Crippen molar-refractivity contribution < 1.29 is 13.6 Å². The molecule has 0 radical (unpaired) electrons. The van der Waals surface area contributed by atoms with Crippen molar-refractivity contribution in [3.05, 3.63) is 36.6 Å². The molecule has 1 heterocycles. The van der Waals surface area contributed by atoms with E-state index in [1.807, 2.05) is 0 Å². The molecule has 2 atom stereocenters. The van der Waals surface area contributed by atoms with E-state index in [0.29, 0.717) is 0 Å². The standard InChI is InChI=1S/C11H10F2N2O/c12-9-4-1-2-5-11(9,13)10(16)15-7-3-6-14-8-15/h1-7,9H,8H2. The van der Waals surface area contributed by atoms with E-state index in [1.54, 1.807) is 0 Å². The number of aliphatic imine (C=N–C) groups is 1. The van der Waals surface area contributed by atoms with Crippen LogP contribution in [0.2, 0.25) is 0 Å². The minimum atomic E-state index is -2.62. The van der Waals surface area contributed by atoms with Crippen LogP contribution in [-0.2, 0) is 4.79 Å². The van der Waals surface area contributed by atoms with Crippen molar-refractivity contribution >= 4 is 12.1 Å². The summed E-state index contributed by atoms with van der Waals surface area (Å²) in [7, 11) is 0. The van der Waals surface area contributed by atoms with E-state index in [-0.39, 0.29) is 6.67 Å². The second kappa shape index (κ2) is 4.00. The van der Waals surface area contributed by atoms with Gasteiger partial charge in [0.05, 0.1) is 0 Å². The molecule has 0 aromatic heterocycles. The molecule has 0 fully saturated rings. The molecule has 1 aliphatic heterocycles. The Labute approximate surface area is 91.5 Å². The minimum absolute atomic E-state index is 0.0191. The van der Waals surface area contributed by atoms with Crippen molar-refractivity contribution in [1.82, 2.24) is 4.90 Å². The summed E-state index contributed by atoms with van der Waals surface area (Å²) in [6, 6.07) is 0. The molecule has 0 aromatic carbocycles. The maximum atomic E-state index is 14.2. The van der Waals surface area contributed by atoms with E-state index < -0.39 is 17.7 Å². The number of carbonyl (C=O) groups excluding carboxylic acids is 1. The SMILES string of the molecule is O=C(N1C=CC=NC1)C1(F)C=CC=CC1F. The lowest BCUT2D eigenvalue weighted by Crippen LogP contribution is -2.49. The van der Waals surface area contributed by atoms with E-state index >= 15 is 0 Å². The highest BCUT2D eigenvalue weighted by atomic mass is 19.2. The Bertz CT molecular complexity index is 414. The number of allylic oxidation sites excluding steroid dienone is 4. The molecule has 0 bridgehead atoms. The van der Waals surface area contributed by atoms with Crippen molar-refractivity contribution in [3.63, 3.8) is 0 Å². The highest BCUT2D eigenvalue weighted by molar-refractivity contribution is 5.90. The first-order valence-corrected chi connectivity index (χ1v) is 4.81. The van der Waals surface area contributed by atoms with Gasteiger partial charge in [-0.05, 0) is 18.2 Å². The molecule has 0 aromatic rings. The number of alkyl halides is 2. The van der Waals surface area contributed by atoms with Crippen LogP contribution in [0.4, 0.5) is 8.78 Å². The highest BCUT2D eigenvalue weighted by Crippen LogP contribution is 2.28. The number of carbonyl (C=O) groups is 1. The normalized spacial score (nSPS) is 32.1. The van der Waals surface area contributed by atoms with Crippen LogP contribution in [0.1, 0.15) is 0 Å². The Kier molecular flexibility index (Phi) is 2.68. The fourth-order valence-corrected chi connectivity index (χ4v) is 1.52. The maximum absolute atomic E-state index is 14.2. The molecule has 84 valence electrons. The predicted molar refractivity (Wildman–Crippen MR) is 56.4 cm³/mol.